The van der Waals surface area contributed by atoms with E-state index in [1.165, 1.54) is 123 Å². The van der Waals surface area contributed by atoms with E-state index < -0.39 is 0 Å². The van der Waals surface area contributed by atoms with E-state index in [9.17, 15) is 4.79 Å². The summed E-state index contributed by atoms with van der Waals surface area (Å²) in [6.45, 7) is 49.6. The topological polar surface area (TPSA) is 55.0 Å². The molecule has 63 heavy (non-hydrogen) atoms. The third-order valence-electron chi connectivity index (χ3n) is 12.7. The van der Waals surface area contributed by atoms with Gasteiger partial charge in [-0.1, -0.05) is 55.4 Å². The van der Waals surface area contributed by atoms with Gasteiger partial charge in [-0.3, -0.25) is 14.6 Å². The van der Waals surface area contributed by atoms with Crippen LogP contribution in [-0.4, -0.2) is 207 Å². The van der Waals surface area contributed by atoms with Crippen LogP contribution >= 0.6 is 0 Å². The summed E-state index contributed by atoms with van der Waals surface area (Å²) in [5.41, 5.74) is 0. The lowest BCUT2D eigenvalue weighted by Crippen LogP contribution is -2.50. The average Bonchev–Trinajstić information content (AvgIpc) is 3.62. The van der Waals surface area contributed by atoms with Crippen molar-refractivity contribution in [1.29, 1.82) is 0 Å². The van der Waals surface area contributed by atoms with E-state index in [0.717, 1.165) is 50.3 Å². The Morgan fingerprint density at radius 2 is 0.619 bits per heavy atom. The Morgan fingerprint density at radius 1 is 0.413 bits per heavy atom. The molecule has 0 spiro atoms. The van der Waals surface area contributed by atoms with Crippen LogP contribution in [0.2, 0.25) is 0 Å². The quantitative estimate of drug-likeness (QED) is 0.269. The lowest BCUT2D eigenvalue weighted by atomic mass is 10.1. The molecule has 0 aromatic rings. The van der Waals surface area contributed by atoms with E-state index in [4.69, 9.17) is 0 Å². The molecule has 0 atom stereocenters. The van der Waals surface area contributed by atoms with Crippen LogP contribution in [-0.2, 0) is 4.79 Å². The molecule has 10 nitrogen and oxygen atoms in total. The molecule has 0 bridgehead atoms. The Labute approximate surface area is 400 Å². The highest BCUT2D eigenvalue weighted by Gasteiger charge is 2.20. The maximum atomic E-state index is 11.0. The SMILES string of the molecule is C.C.C.CC(=O)N1CCN(C(C)C)CC1.CC(C)N(C)C.CC(C)N1CCCC1.CC(C)N1CCCCC1.CC(C)N1CCCCCC1.CC(C)N1CCN(C)CC1.CNC(C)C. The number of amides is 1. The fourth-order valence-corrected chi connectivity index (χ4v) is 7.20. The molecule has 5 aliphatic rings. The highest BCUT2D eigenvalue weighted by Crippen LogP contribution is 2.13. The first-order valence-electron chi connectivity index (χ1n) is 25.1. The van der Waals surface area contributed by atoms with Gasteiger partial charge in [0.05, 0.1) is 0 Å². The zero-order valence-electron chi connectivity index (χ0n) is 44.3. The molecule has 5 aliphatic heterocycles. The molecule has 0 radical (unpaired) electrons. The van der Waals surface area contributed by atoms with E-state index in [1.807, 2.05) is 11.9 Å². The Bertz CT molecular complexity index is 917. The Morgan fingerprint density at radius 3 is 0.825 bits per heavy atom. The molecule has 0 aromatic carbocycles. The molecule has 5 heterocycles. The fourth-order valence-electron chi connectivity index (χ4n) is 7.20. The summed E-state index contributed by atoms with van der Waals surface area (Å²) >= 11 is 0. The van der Waals surface area contributed by atoms with Gasteiger partial charge in [-0.05, 0) is 189 Å². The van der Waals surface area contributed by atoms with Gasteiger partial charge < -0.3 is 34.7 Å². The summed E-state index contributed by atoms with van der Waals surface area (Å²) in [4.78, 5) is 30.1. The number of carbonyl (C=O) groups is 1. The van der Waals surface area contributed by atoms with Crippen LogP contribution in [0.5, 0.6) is 0 Å². The molecule has 10 heteroatoms. The van der Waals surface area contributed by atoms with E-state index in [2.05, 4.69) is 158 Å². The monoisotopic (exact) mass is 902 g/mol. The fraction of sp³-hybridized carbons (Fsp3) is 0.981. The van der Waals surface area contributed by atoms with Crippen LogP contribution in [0.4, 0.5) is 0 Å². The third-order valence-corrected chi connectivity index (χ3v) is 12.7. The maximum absolute atomic E-state index is 11.0. The molecule has 5 saturated heterocycles. The molecule has 0 unspecified atom stereocenters. The summed E-state index contributed by atoms with van der Waals surface area (Å²) in [6.07, 6.45) is 12.8. The highest BCUT2D eigenvalue weighted by atomic mass is 16.2. The van der Waals surface area contributed by atoms with E-state index >= 15 is 0 Å². The first kappa shape index (κ1) is 71.2. The lowest BCUT2D eigenvalue weighted by Gasteiger charge is -2.36. The number of nitrogens with one attached hydrogen (secondary N) is 1. The number of hydrogen-bond donors (Lipinski definition) is 1. The number of piperidine rings is 1. The number of nitrogens with zero attached hydrogens (tertiary/aromatic N) is 8. The zero-order chi connectivity index (χ0) is 46.2. The van der Waals surface area contributed by atoms with Crippen LogP contribution in [0.15, 0.2) is 0 Å². The van der Waals surface area contributed by atoms with Gasteiger partial charge in [0.2, 0.25) is 5.91 Å². The van der Waals surface area contributed by atoms with Crippen molar-refractivity contribution in [3.63, 3.8) is 0 Å². The molecule has 0 saturated carbocycles. The summed E-state index contributed by atoms with van der Waals surface area (Å²) in [6, 6.07) is 4.97. The van der Waals surface area contributed by atoms with Crippen LogP contribution in [0.25, 0.3) is 0 Å². The van der Waals surface area contributed by atoms with Crippen molar-refractivity contribution in [3.05, 3.63) is 0 Å². The predicted molar refractivity (Wildman–Crippen MR) is 288 cm³/mol. The second kappa shape index (κ2) is 43.7. The molecular formula is C53H123N9O. The smallest absolute Gasteiger partial charge is 0.219 e. The van der Waals surface area contributed by atoms with E-state index in [1.54, 1.807) is 6.92 Å². The number of rotatable bonds is 7. The lowest BCUT2D eigenvalue weighted by molar-refractivity contribution is -0.130. The van der Waals surface area contributed by atoms with Gasteiger partial charge in [0.25, 0.3) is 0 Å². The number of hydrogen-bond acceptors (Lipinski definition) is 9. The minimum absolute atomic E-state index is 0. The largest absolute Gasteiger partial charge is 0.340 e. The summed E-state index contributed by atoms with van der Waals surface area (Å²) in [7, 11) is 8.29. The van der Waals surface area contributed by atoms with Gasteiger partial charge in [0.1, 0.15) is 0 Å². The summed E-state index contributed by atoms with van der Waals surface area (Å²) in [5.74, 6) is 0.207. The van der Waals surface area contributed by atoms with Crippen LogP contribution < -0.4 is 5.32 Å². The van der Waals surface area contributed by atoms with Crippen LogP contribution in [0.3, 0.4) is 0 Å². The summed E-state index contributed by atoms with van der Waals surface area (Å²) < 4.78 is 0. The standard InChI is InChI=1S/C9H18N2O.C9H19N.C8H18N2.C8H17N.C7H15N.C5H13N.C4H11N.3CH4/c1-8(2)10-4-6-11(7-5-10)9(3)12;1-9(2)10-7-5-3-4-6-8-10;1-8(2)10-6-4-9(3)5-7-10;1-8(2)9-6-4-3-5-7-9;1-7(2)8-5-3-4-6-8;1-5(2)6(3)4;1-4(2)5-3;;;/h8H,4-7H2,1-3H3;9H,3-8H2,1-2H3;8H,4-7H2,1-3H3;8H,3-7H2,1-2H3;7H,3-6H2,1-2H3;5H,1-4H3;4-5H,1-3H3;3*1H4. The van der Waals surface area contributed by atoms with Crippen molar-refractivity contribution in [3.8, 4) is 0 Å². The van der Waals surface area contributed by atoms with Crippen molar-refractivity contribution in [2.45, 2.75) is 226 Å². The van der Waals surface area contributed by atoms with E-state index in [0.29, 0.717) is 18.1 Å². The number of likely N-dealkylation sites (tertiary alicyclic amines) is 3. The first-order chi connectivity index (χ1) is 28.1. The minimum atomic E-state index is 0. The molecule has 1 amide bonds. The van der Waals surface area contributed by atoms with Gasteiger partial charge in [-0.25, -0.2) is 0 Å². The van der Waals surface area contributed by atoms with Crippen molar-refractivity contribution >= 4 is 5.91 Å². The second-order valence-corrected chi connectivity index (χ2v) is 20.1. The number of carbonyl (C=O) groups excluding carboxylic acids is 1. The van der Waals surface area contributed by atoms with Crippen LogP contribution in [0.1, 0.15) is 184 Å². The second-order valence-electron chi connectivity index (χ2n) is 20.1. The molecule has 5 rings (SSSR count). The normalized spacial score (nSPS) is 19.3. The van der Waals surface area contributed by atoms with E-state index in [-0.39, 0.29) is 28.2 Å². The average molecular weight is 903 g/mol. The predicted octanol–water partition coefficient (Wildman–Crippen LogP) is 10.3. The molecule has 5 fully saturated rings. The van der Waals surface area contributed by atoms with Crippen molar-refractivity contribution in [2.75, 3.05) is 120 Å². The van der Waals surface area contributed by atoms with Gasteiger partial charge in [0.15, 0.2) is 0 Å². The van der Waals surface area contributed by atoms with Crippen molar-refractivity contribution < 1.29 is 4.79 Å². The van der Waals surface area contributed by atoms with Gasteiger partial charge in [-0.2, -0.15) is 0 Å². The maximum Gasteiger partial charge on any atom is 0.219 e. The molecular weight excluding hydrogens is 779 g/mol. The van der Waals surface area contributed by atoms with Gasteiger partial charge in [0, 0.05) is 102 Å². The van der Waals surface area contributed by atoms with Crippen molar-refractivity contribution in [1.82, 2.24) is 44.5 Å². The van der Waals surface area contributed by atoms with Gasteiger partial charge in [-0.15, -0.1) is 0 Å². The third kappa shape index (κ3) is 40.0. The molecule has 0 aliphatic carbocycles. The highest BCUT2D eigenvalue weighted by molar-refractivity contribution is 5.73. The zero-order valence-corrected chi connectivity index (χ0v) is 44.3. The van der Waals surface area contributed by atoms with Crippen molar-refractivity contribution in [2.24, 2.45) is 0 Å². The summed E-state index contributed by atoms with van der Waals surface area (Å²) in [5, 5.41) is 3.03. The number of piperazine rings is 2. The Hall–Kier alpha value is -0.850. The molecule has 1 N–H and O–H groups in total. The van der Waals surface area contributed by atoms with Crippen LogP contribution in [0, 0.1) is 0 Å². The Balaban J connectivity index is -0.000000209. The first-order valence-corrected chi connectivity index (χ1v) is 25.1. The minimum Gasteiger partial charge on any atom is -0.340 e. The Kier molecular flexibility index (Phi) is 49.4. The van der Waals surface area contributed by atoms with Gasteiger partial charge >= 0.3 is 0 Å². The number of likely N-dealkylation sites (N-methyl/N-ethyl adjacent to an activating group) is 1. The molecule has 0 aromatic heterocycles. The molecule has 386 valence electrons.